The van der Waals surface area contributed by atoms with Crippen LogP contribution in [0.25, 0.3) is 0 Å². The molecule has 0 aromatic heterocycles. The fourth-order valence-electron chi connectivity index (χ4n) is 3.57. The van der Waals surface area contributed by atoms with Gasteiger partial charge in [0, 0.05) is 17.9 Å². The Balaban J connectivity index is 2.06. The Labute approximate surface area is 195 Å². The van der Waals surface area contributed by atoms with Gasteiger partial charge in [-0.25, -0.2) is 9.69 Å². The fraction of sp³-hybridized carbons (Fsp3) is 0.560. The molecule has 0 bridgehead atoms. The van der Waals surface area contributed by atoms with Crippen molar-refractivity contribution in [1.82, 2.24) is 4.90 Å². The smallest absolute Gasteiger partial charge is 0.416 e. The summed E-state index contributed by atoms with van der Waals surface area (Å²) in [6.07, 6.45) is 2.14. The van der Waals surface area contributed by atoms with E-state index in [0.29, 0.717) is 42.8 Å². The minimum atomic E-state index is -0.766. The summed E-state index contributed by atoms with van der Waals surface area (Å²) in [4.78, 5) is 37.0. The SMILES string of the molecule is CC/C(=C\C[C@@H](O)C[C@@H](CC[C@H](C)C(C)=O)Oc1ccccc1OC)C(=O)N1CCOC1=O. The molecule has 2 amide bonds. The average molecular weight is 462 g/mol. The van der Waals surface area contributed by atoms with E-state index in [9.17, 15) is 19.5 Å². The molecule has 0 unspecified atom stereocenters. The van der Waals surface area contributed by atoms with Gasteiger partial charge >= 0.3 is 6.09 Å². The van der Waals surface area contributed by atoms with Gasteiger partial charge in [0.05, 0.1) is 19.8 Å². The number of imide groups is 1. The number of ether oxygens (including phenoxy) is 3. The van der Waals surface area contributed by atoms with Crippen LogP contribution >= 0.6 is 0 Å². The minimum absolute atomic E-state index is 0.102. The molecule has 33 heavy (non-hydrogen) atoms. The monoisotopic (exact) mass is 461 g/mol. The number of hydrogen-bond acceptors (Lipinski definition) is 7. The van der Waals surface area contributed by atoms with E-state index in [0.717, 1.165) is 4.90 Å². The zero-order valence-electron chi connectivity index (χ0n) is 19.9. The van der Waals surface area contributed by atoms with Crippen LogP contribution in [0.5, 0.6) is 11.5 Å². The van der Waals surface area contributed by atoms with E-state index in [-0.39, 0.29) is 43.3 Å². The lowest BCUT2D eigenvalue weighted by Gasteiger charge is -2.24. The number of amides is 2. The first-order valence-corrected chi connectivity index (χ1v) is 11.4. The number of carbonyl (C=O) groups is 3. The number of aliphatic hydroxyl groups is 1. The van der Waals surface area contributed by atoms with Crippen LogP contribution in [0.4, 0.5) is 4.79 Å². The molecule has 0 radical (unpaired) electrons. The Hall–Kier alpha value is -2.87. The maximum Gasteiger partial charge on any atom is 0.416 e. The van der Waals surface area contributed by atoms with Gasteiger partial charge in [-0.05, 0) is 44.7 Å². The van der Waals surface area contributed by atoms with Gasteiger partial charge in [-0.3, -0.25) is 9.59 Å². The molecule has 8 nitrogen and oxygen atoms in total. The number of rotatable bonds is 13. The molecule has 2 rings (SSSR count). The molecule has 1 aliphatic heterocycles. The number of methoxy groups -OCH3 is 1. The van der Waals surface area contributed by atoms with Crippen LogP contribution in [0, 0.1) is 5.92 Å². The molecule has 1 fully saturated rings. The number of nitrogens with zero attached hydrogens (tertiary/aromatic N) is 1. The lowest BCUT2D eigenvalue weighted by atomic mass is 9.96. The summed E-state index contributed by atoms with van der Waals surface area (Å²) >= 11 is 0. The van der Waals surface area contributed by atoms with Crippen LogP contribution in [-0.4, -0.2) is 60.3 Å². The highest BCUT2D eigenvalue weighted by molar-refractivity contribution is 6.02. The van der Waals surface area contributed by atoms with Gasteiger partial charge in [-0.2, -0.15) is 0 Å². The molecule has 1 aliphatic rings. The number of Topliss-reactive ketones (excluding diaryl/α,β-unsaturated/α-hetero) is 1. The molecule has 8 heteroatoms. The summed E-state index contributed by atoms with van der Waals surface area (Å²) in [6, 6.07) is 7.29. The molecular weight excluding hydrogens is 426 g/mol. The summed E-state index contributed by atoms with van der Waals surface area (Å²) in [5.74, 6) is 0.786. The predicted molar refractivity (Wildman–Crippen MR) is 123 cm³/mol. The average Bonchev–Trinajstić information content (AvgIpc) is 3.23. The Morgan fingerprint density at radius 1 is 1.24 bits per heavy atom. The van der Waals surface area contributed by atoms with Crippen LogP contribution in [0.1, 0.15) is 52.9 Å². The van der Waals surface area contributed by atoms with E-state index in [1.54, 1.807) is 32.2 Å². The molecule has 182 valence electrons. The third kappa shape index (κ3) is 7.89. The third-order valence-electron chi connectivity index (χ3n) is 5.81. The van der Waals surface area contributed by atoms with Crippen molar-refractivity contribution in [2.45, 2.75) is 65.1 Å². The number of hydrogen-bond donors (Lipinski definition) is 1. The number of benzene rings is 1. The van der Waals surface area contributed by atoms with Gasteiger partial charge < -0.3 is 19.3 Å². The lowest BCUT2D eigenvalue weighted by Crippen LogP contribution is -2.32. The van der Waals surface area contributed by atoms with E-state index in [4.69, 9.17) is 14.2 Å². The second kappa shape index (κ2) is 13.0. The number of aliphatic hydroxyl groups excluding tert-OH is 1. The fourth-order valence-corrected chi connectivity index (χ4v) is 3.57. The van der Waals surface area contributed by atoms with Gasteiger partial charge in [0.1, 0.15) is 18.5 Å². The Kier molecular flexibility index (Phi) is 10.4. The van der Waals surface area contributed by atoms with Crippen molar-refractivity contribution < 1.29 is 33.7 Å². The molecular formula is C25H35NO7. The van der Waals surface area contributed by atoms with Crippen molar-refractivity contribution >= 4 is 17.8 Å². The van der Waals surface area contributed by atoms with Crippen molar-refractivity contribution in [2.75, 3.05) is 20.3 Å². The third-order valence-corrected chi connectivity index (χ3v) is 5.81. The maximum absolute atomic E-state index is 12.6. The number of ketones is 1. The summed E-state index contributed by atoms with van der Waals surface area (Å²) in [5.41, 5.74) is 0.459. The van der Waals surface area contributed by atoms with Gasteiger partial charge in [0.15, 0.2) is 11.5 Å². The second-order valence-electron chi connectivity index (χ2n) is 8.26. The number of para-hydroxylation sites is 2. The van der Waals surface area contributed by atoms with Gasteiger partial charge in [0.2, 0.25) is 0 Å². The summed E-state index contributed by atoms with van der Waals surface area (Å²) in [7, 11) is 1.56. The molecule has 0 aliphatic carbocycles. The summed E-state index contributed by atoms with van der Waals surface area (Å²) < 4.78 is 16.4. The highest BCUT2D eigenvalue weighted by atomic mass is 16.6. The van der Waals surface area contributed by atoms with Crippen molar-refractivity contribution in [3.63, 3.8) is 0 Å². The summed E-state index contributed by atoms with van der Waals surface area (Å²) in [6.45, 7) is 5.71. The Morgan fingerprint density at radius 3 is 2.52 bits per heavy atom. The first-order chi connectivity index (χ1) is 15.8. The summed E-state index contributed by atoms with van der Waals surface area (Å²) in [5, 5.41) is 10.7. The van der Waals surface area contributed by atoms with Gasteiger partial charge in [-0.15, -0.1) is 0 Å². The Morgan fingerprint density at radius 2 is 1.94 bits per heavy atom. The topological polar surface area (TPSA) is 102 Å². The first-order valence-electron chi connectivity index (χ1n) is 11.4. The van der Waals surface area contributed by atoms with Crippen LogP contribution in [0.15, 0.2) is 35.9 Å². The van der Waals surface area contributed by atoms with Gasteiger partial charge in [0.25, 0.3) is 5.91 Å². The minimum Gasteiger partial charge on any atom is -0.493 e. The lowest BCUT2D eigenvalue weighted by molar-refractivity contribution is -0.124. The van der Waals surface area contributed by atoms with Crippen LogP contribution in [0.2, 0.25) is 0 Å². The molecule has 1 heterocycles. The van der Waals surface area contributed by atoms with Crippen LogP contribution in [0.3, 0.4) is 0 Å². The second-order valence-corrected chi connectivity index (χ2v) is 8.26. The largest absolute Gasteiger partial charge is 0.493 e. The molecule has 1 N–H and O–H groups in total. The van der Waals surface area contributed by atoms with E-state index in [1.807, 2.05) is 26.0 Å². The predicted octanol–water partition coefficient (Wildman–Crippen LogP) is 3.90. The van der Waals surface area contributed by atoms with Crippen molar-refractivity contribution in [2.24, 2.45) is 5.92 Å². The van der Waals surface area contributed by atoms with E-state index in [2.05, 4.69) is 0 Å². The Bertz CT molecular complexity index is 851. The zero-order valence-corrected chi connectivity index (χ0v) is 19.9. The molecule has 0 saturated carbocycles. The molecule has 1 saturated heterocycles. The normalized spacial score (nSPS) is 16.7. The highest BCUT2D eigenvalue weighted by Crippen LogP contribution is 2.29. The van der Waals surface area contributed by atoms with E-state index in [1.165, 1.54) is 0 Å². The van der Waals surface area contributed by atoms with Crippen LogP contribution < -0.4 is 9.47 Å². The molecule has 1 aromatic carbocycles. The maximum atomic E-state index is 12.6. The van der Waals surface area contributed by atoms with Crippen LogP contribution in [-0.2, 0) is 14.3 Å². The highest BCUT2D eigenvalue weighted by Gasteiger charge is 2.30. The number of cyclic esters (lactones) is 1. The van der Waals surface area contributed by atoms with Crippen molar-refractivity contribution in [3.05, 3.63) is 35.9 Å². The molecule has 0 spiro atoms. The van der Waals surface area contributed by atoms with E-state index < -0.39 is 12.2 Å². The van der Waals surface area contributed by atoms with E-state index >= 15 is 0 Å². The number of carbonyl (C=O) groups excluding carboxylic acids is 3. The van der Waals surface area contributed by atoms with Crippen molar-refractivity contribution in [3.8, 4) is 11.5 Å². The molecule has 1 aromatic rings. The quantitative estimate of drug-likeness (QED) is 0.444. The molecule has 3 atom stereocenters. The zero-order chi connectivity index (χ0) is 24.4. The standard InChI is InChI=1S/C25H35NO7/c1-5-19(24(29)26-14-15-32-25(26)30)11-12-20(28)16-21(13-10-17(2)18(3)27)33-23-9-7-6-8-22(23)31-4/h6-9,11,17,20-21,28H,5,10,12-16H2,1-4H3/b19-11+/t17-,20+,21+/m0/s1. The first kappa shape index (κ1) is 26.4. The van der Waals surface area contributed by atoms with Gasteiger partial charge in [-0.1, -0.05) is 32.1 Å². The van der Waals surface area contributed by atoms with Crippen molar-refractivity contribution in [1.29, 1.82) is 0 Å².